The van der Waals surface area contributed by atoms with E-state index in [2.05, 4.69) is 15.5 Å². The third-order valence-electron chi connectivity index (χ3n) is 5.36. The fourth-order valence-electron chi connectivity index (χ4n) is 3.70. The summed E-state index contributed by atoms with van der Waals surface area (Å²) in [6.07, 6.45) is 1.92. The minimum atomic E-state index is -0.250. The summed E-state index contributed by atoms with van der Waals surface area (Å²) in [5.41, 5.74) is 2.33. The van der Waals surface area contributed by atoms with Crippen molar-refractivity contribution in [3.63, 3.8) is 0 Å². The average Bonchev–Trinajstić information content (AvgIpc) is 2.79. The smallest absolute Gasteiger partial charge is 0.290 e. The average molecular weight is 442 g/mol. The molecule has 0 atom stereocenters. The minimum Gasteiger partial charge on any atom is -0.496 e. The number of aryl methyl sites for hydroxylation is 1. The maximum atomic E-state index is 12.6. The fraction of sp³-hybridized carbons (Fsp3) is 0.375. The molecule has 0 radical (unpaired) electrons. The molecular formula is C24H31N3O5. The largest absolute Gasteiger partial charge is 0.496 e. The second-order valence-electron chi connectivity index (χ2n) is 7.60. The van der Waals surface area contributed by atoms with E-state index in [1.54, 1.807) is 13.2 Å². The molecule has 2 aromatic carbocycles. The van der Waals surface area contributed by atoms with Crippen molar-refractivity contribution >= 4 is 24.0 Å². The van der Waals surface area contributed by atoms with Crippen molar-refractivity contribution in [3.05, 3.63) is 59.7 Å². The molecule has 172 valence electrons. The second kappa shape index (κ2) is 13.1. The van der Waals surface area contributed by atoms with Gasteiger partial charge in [0.1, 0.15) is 5.75 Å². The number of anilines is 1. The molecule has 0 aliphatic carbocycles. The van der Waals surface area contributed by atoms with E-state index in [-0.39, 0.29) is 18.3 Å². The normalized spacial score (nSPS) is 13.9. The number of amides is 2. The zero-order chi connectivity index (χ0) is 23.3. The Kier molecular flexibility index (Phi) is 10.2. The summed E-state index contributed by atoms with van der Waals surface area (Å²) in [7, 11) is 1.58. The van der Waals surface area contributed by atoms with Crippen molar-refractivity contribution in [3.8, 4) is 5.75 Å². The van der Waals surface area contributed by atoms with Gasteiger partial charge in [-0.1, -0.05) is 30.3 Å². The van der Waals surface area contributed by atoms with Gasteiger partial charge in [0.25, 0.3) is 12.4 Å². The number of carbonyl (C=O) groups is 3. The van der Waals surface area contributed by atoms with Crippen LogP contribution in [-0.2, 0) is 9.59 Å². The van der Waals surface area contributed by atoms with Gasteiger partial charge < -0.3 is 20.5 Å². The van der Waals surface area contributed by atoms with E-state index in [9.17, 15) is 9.59 Å². The highest BCUT2D eigenvalue weighted by molar-refractivity contribution is 5.98. The van der Waals surface area contributed by atoms with Gasteiger partial charge in [-0.05, 0) is 62.5 Å². The van der Waals surface area contributed by atoms with Crippen LogP contribution in [-0.4, -0.2) is 61.6 Å². The number of hydrogen-bond donors (Lipinski definition) is 3. The Bertz CT molecular complexity index is 880. The highest BCUT2D eigenvalue weighted by Crippen LogP contribution is 2.22. The molecule has 8 nitrogen and oxygen atoms in total. The SMILES string of the molecule is COc1cccc(C)c1C(=O)NCC1CCN(CC(=O)Nc2ccccc2)CC1.O=CO. The number of methoxy groups -OCH3 is 1. The summed E-state index contributed by atoms with van der Waals surface area (Å²) in [6.45, 7) is 4.41. The van der Waals surface area contributed by atoms with Crippen molar-refractivity contribution in [2.24, 2.45) is 5.92 Å². The lowest BCUT2D eigenvalue weighted by atomic mass is 9.96. The van der Waals surface area contributed by atoms with Crippen LogP contribution in [0.25, 0.3) is 0 Å². The van der Waals surface area contributed by atoms with E-state index in [4.69, 9.17) is 14.6 Å². The lowest BCUT2D eigenvalue weighted by molar-refractivity contribution is -0.123. The van der Waals surface area contributed by atoms with Crippen molar-refractivity contribution < 1.29 is 24.2 Å². The molecule has 0 aromatic heterocycles. The first-order valence-corrected chi connectivity index (χ1v) is 10.5. The van der Waals surface area contributed by atoms with Gasteiger partial charge in [0.15, 0.2) is 0 Å². The molecule has 1 aliphatic rings. The van der Waals surface area contributed by atoms with Gasteiger partial charge in [0.2, 0.25) is 5.91 Å². The summed E-state index contributed by atoms with van der Waals surface area (Å²) in [5, 5.41) is 12.9. The molecule has 1 aliphatic heterocycles. The van der Waals surface area contributed by atoms with Crippen LogP contribution in [0.15, 0.2) is 48.5 Å². The number of carboxylic acid groups (broad SMARTS) is 1. The Balaban J connectivity index is 0.00000114. The Morgan fingerprint density at radius 3 is 2.41 bits per heavy atom. The maximum Gasteiger partial charge on any atom is 0.290 e. The number of rotatable bonds is 7. The van der Waals surface area contributed by atoms with Gasteiger partial charge in [-0.3, -0.25) is 19.3 Å². The predicted octanol–water partition coefficient (Wildman–Crippen LogP) is 2.78. The lowest BCUT2D eigenvalue weighted by Gasteiger charge is -2.31. The summed E-state index contributed by atoms with van der Waals surface area (Å²) < 4.78 is 5.33. The molecule has 2 aromatic rings. The number of nitrogens with one attached hydrogen (secondary N) is 2. The van der Waals surface area contributed by atoms with Gasteiger partial charge in [0, 0.05) is 12.2 Å². The van der Waals surface area contributed by atoms with Crippen LogP contribution in [0.5, 0.6) is 5.75 Å². The first-order valence-electron chi connectivity index (χ1n) is 10.5. The number of hydrogen-bond acceptors (Lipinski definition) is 5. The van der Waals surface area contributed by atoms with E-state index >= 15 is 0 Å². The first-order chi connectivity index (χ1) is 15.5. The summed E-state index contributed by atoms with van der Waals surface area (Å²) in [4.78, 5) is 35.4. The Labute approximate surface area is 188 Å². The Morgan fingerprint density at radius 2 is 1.78 bits per heavy atom. The summed E-state index contributed by atoms with van der Waals surface area (Å²) in [6, 6.07) is 15.1. The quantitative estimate of drug-likeness (QED) is 0.571. The van der Waals surface area contributed by atoms with Crippen molar-refractivity contribution in [1.82, 2.24) is 10.2 Å². The van der Waals surface area contributed by atoms with Crippen molar-refractivity contribution in [2.75, 3.05) is 38.6 Å². The van der Waals surface area contributed by atoms with Crippen molar-refractivity contribution in [2.45, 2.75) is 19.8 Å². The van der Waals surface area contributed by atoms with E-state index in [1.165, 1.54) is 0 Å². The maximum absolute atomic E-state index is 12.6. The number of carbonyl (C=O) groups excluding carboxylic acids is 2. The van der Waals surface area contributed by atoms with Gasteiger partial charge in [-0.2, -0.15) is 0 Å². The van der Waals surface area contributed by atoms with E-state index in [0.717, 1.165) is 37.2 Å². The fourth-order valence-corrected chi connectivity index (χ4v) is 3.70. The standard InChI is InChI=1S/C23H29N3O3.CH2O2/c1-17-7-6-10-20(29-2)22(17)23(28)24-15-18-11-13-26(14-12-18)16-21(27)25-19-8-4-3-5-9-19;2-1-3/h3-10,18H,11-16H2,1-2H3,(H,24,28)(H,25,27);1H,(H,2,3). The Hall–Kier alpha value is -3.39. The zero-order valence-corrected chi connectivity index (χ0v) is 18.5. The van der Waals surface area contributed by atoms with Crippen molar-refractivity contribution in [1.29, 1.82) is 0 Å². The van der Waals surface area contributed by atoms with Crippen LogP contribution in [0.2, 0.25) is 0 Å². The zero-order valence-electron chi connectivity index (χ0n) is 18.5. The van der Waals surface area contributed by atoms with E-state index in [1.807, 2.05) is 49.4 Å². The van der Waals surface area contributed by atoms with E-state index in [0.29, 0.717) is 30.3 Å². The molecule has 0 bridgehead atoms. The molecule has 3 rings (SSSR count). The molecule has 0 saturated carbocycles. The van der Waals surface area contributed by atoms with Gasteiger partial charge in [-0.25, -0.2) is 0 Å². The van der Waals surface area contributed by atoms with Gasteiger partial charge in [0.05, 0.1) is 19.2 Å². The second-order valence-corrected chi connectivity index (χ2v) is 7.60. The first kappa shape index (κ1) is 24.9. The monoisotopic (exact) mass is 441 g/mol. The summed E-state index contributed by atoms with van der Waals surface area (Å²) >= 11 is 0. The highest BCUT2D eigenvalue weighted by Gasteiger charge is 2.22. The topological polar surface area (TPSA) is 108 Å². The van der Waals surface area contributed by atoms with Crippen LogP contribution in [0.3, 0.4) is 0 Å². The highest BCUT2D eigenvalue weighted by atomic mass is 16.5. The Morgan fingerprint density at radius 1 is 1.12 bits per heavy atom. The molecule has 0 unspecified atom stereocenters. The molecule has 3 N–H and O–H groups in total. The van der Waals surface area contributed by atoms with Crippen LogP contribution in [0.1, 0.15) is 28.8 Å². The number of nitrogens with zero attached hydrogens (tertiary/aromatic N) is 1. The van der Waals surface area contributed by atoms with Gasteiger partial charge >= 0.3 is 0 Å². The number of ether oxygens (including phenoxy) is 1. The molecule has 32 heavy (non-hydrogen) atoms. The third-order valence-corrected chi connectivity index (χ3v) is 5.36. The molecule has 1 heterocycles. The number of benzene rings is 2. The molecule has 1 saturated heterocycles. The number of piperidine rings is 1. The molecule has 0 spiro atoms. The van der Waals surface area contributed by atoms with E-state index < -0.39 is 0 Å². The summed E-state index contributed by atoms with van der Waals surface area (Å²) in [5.74, 6) is 0.934. The van der Waals surface area contributed by atoms with Crippen LogP contribution < -0.4 is 15.4 Å². The molecule has 2 amide bonds. The van der Waals surface area contributed by atoms with Crippen LogP contribution in [0, 0.1) is 12.8 Å². The molecule has 8 heteroatoms. The molecule has 1 fully saturated rings. The number of para-hydroxylation sites is 1. The third kappa shape index (κ3) is 7.70. The lowest BCUT2D eigenvalue weighted by Crippen LogP contribution is -2.42. The minimum absolute atomic E-state index is 0.00889. The number of likely N-dealkylation sites (tertiary alicyclic amines) is 1. The molecular weight excluding hydrogens is 410 g/mol. The van der Waals surface area contributed by atoms with Crippen LogP contribution in [0.4, 0.5) is 5.69 Å². The predicted molar refractivity (Wildman–Crippen MR) is 123 cm³/mol. The van der Waals surface area contributed by atoms with Gasteiger partial charge in [-0.15, -0.1) is 0 Å². The van der Waals surface area contributed by atoms with Crippen LogP contribution >= 0.6 is 0 Å².